The second-order valence-electron chi connectivity index (χ2n) is 8.99. The molecule has 0 aliphatic rings. The summed E-state index contributed by atoms with van der Waals surface area (Å²) in [7, 11) is 0. The lowest BCUT2D eigenvalue weighted by Gasteiger charge is -2.11. The molecular formula is C27H23F3N6O. The number of fused-ring (bicyclic) bond motifs is 1. The minimum absolute atomic E-state index is 0.0802. The van der Waals surface area contributed by atoms with Gasteiger partial charge in [0.05, 0.1) is 24.1 Å². The predicted octanol–water partition coefficient (Wildman–Crippen LogP) is 5.84. The summed E-state index contributed by atoms with van der Waals surface area (Å²) in [5.41, 5.74) is 3.92. The van der Waals surface area contributed by atoms with Crippen LogP contribution < -0.4 is 5.32 Å². The summed E-state index contributed by atoms with van der Waals surface area (Å²) in [4.78, 5) is 17.2. The van der Waals surface area contributed by atoms with Gasteiger partial charge < -0.3 is 5.32 Å². The molecule has 0 bridgehead atoms. The lowest BCUT2D eigenvalue weighted by Crippen LogP contribution is -2.15. The van der Waals surface area contributed by atoms with Gasteiger partial charge in [0.1, 0.15) is 0 Å². The van der Waals surface area contributed by atoms with Gasteiger partial charge in [0, 0.05) is 17.8 Å². The normalized spacial score (nSPS) is 11.7. The van der Waals surface area contributed by atoms with E-state index in [0.717, 1.165) is 28.3 Å². The minimum atomic E-state index is -4.70. The number of carbonyl (C=O) groups excluding carboxylic acids is 1. The van der Waals surface area contributed by atoms with Crippen LogP contribution in [0.2, 0.25) is 0 Å². The number of nitrogens with one attached hydrogen (secondary N) is 1. The molecule has 5 rings (SSSR count). The number of rotatable bonds is 5. The molecule has 0 saturated heterocycles. The van der Waals surface area contributed by atoms with E-state index in [1.807, 2.05) is 51.1 Å². The lowest BCUT2D eigenvalue weighted by atomic mass is 10.0. The van der Waals surface area contributed by atoms with Crippen molar-refractivity contribution in [3.8, 4) is 11.3 Å². The SMILES string of the molecule is Cc1cccc(Cn2cc(NC(=O)c3cc4nc(-c5ccc(C)c(C)c5)cc(C(F)(F)F)n4n3)cn2)c1. The Kier molecular flexibility index (Phi) is 6.02. The Morgan fingerprint density at radius 2 is 1.81 bits per heavy atom. The van der Waals surface area contributed by atoms with Crippen LogP contribution in [-0.4, -0.2) is 30.3 Å². The van der Waals surface area contributed by atoms with Crippen molar-refractivity contribution in [3.63, 3.8) is 0 Å². The number of hydrogen-bond acceptors (Lipinski definition) is 4. The first kappa shape index (κ1) is 24.2. The molecular weight excluding hydrogens is 481 g/mol. The quantitative estimate of drug-likeness (QED) is 0.326. The summed E-state index contributed by atoms with van der Waals surface area (Å²) in [6.07, 6.45) is -1.58. The van der Waals surface area contributed by atoms with Crippen molar-refractivity contribution in [2.75, 3.05) is 5.32 Å². The summed E-state index contributed by atoms with van der Waals surface area (Å²) >= 11 is 0. The zero-order valence-corrected chi connectivity index (χ0v) is 20.3. The first-order valence-electron chi connectivity index (χ1n) is 11.5. The van der Waals surface area contributed by atoms with Crippen molar-refractivity contribution >= 4 is 17.2 Å². The van der Waals surface area contributed by atoms with Crippen molar-refractivity contribution < 1.29 is 18.0 Å². The van der Waals surface area contributed by atoms with E-state index in [4.69, 9.17) is 0 Å². The highest BCUT2D eigenvalue weighted by Gasteiger charge is 2.35. The molecule has 0 aliphatic heterocycles. The van der Waals surface area contributed by atoms with Crippen LogP contribution in [0.1, 0.15) is 38.4 Å². The Morgan fingerprint density at radius 1 is 1.00 bits per heavy atom. The Balaban J connectivity index is 1.43. The van der Waals surface area contributed by atoms with E-state index in [1.165, 1.54) is 12.3 Å². The molecule has 0 fully saturated rings. The van der Waals surface area contributed by atoms with Gasteiger partial charge in [-0.05, 0) is 49.6 Å². The van der Waals surface area contributed by atoms with Crippen LogP contribution in [0.4, 0.5) is 18.9 Å². The number of amides is 1. The average molecular weight is 505 g/mol. The van der Waals surface area contributed by atoms with E-state index in [0.29, 0.717) is 22.3 Å². The van der Waals surface area contributed by atoms with Gasteiger partial charge in [0.15, 0.2) is 17.0 Å². The number of anilines is 1. The van der Waals surface area contributed by atoms with Crippen LogP contribution in [0, 0.1) is 20.8 Å². The summed E-state index contributed by atoms with van der Waals surface area (Å²) in [6, 6.07) is 15.5. The molecule has 0 spiro atoms. The number of hydrogen-bond donors (Lipinski definition) is 1. The predicted molar refractivity (Wildman–Crippen MR) is 133 cm³/mol. The van der Waals surface area contributed by atoms with Gasteiger partial charge in [-0.3, -0.25) is 9.48 Å². The molecule has 3 aromatic heterocycles. The van der Waals surface area contributed by atoms with E-state index < -0.39 is 17.8 Å². The smallest absolute Gasteiger partial charge is 0.318 e. The fourth-order valence-electron chi connectivity index (χ4n) is 4.04. The first-order valence-corrected chi connectivity index (χ1v) is 11.5. The maximum atomic E-state index is 13.9. The third kappa shape index (κ3) is 5.09. The molecule has 0 radical (unpaired) electrons. The molecule has 5 aromatic rings. The van der Waals surface area contributed by atoms with Gasteiger partial charge >= 0.3 is 6.18 Å². The number of carbonyl (C=O) groups is 1. The molecule has 10 heteroatoms. The van der Waals surface area contributed by atoms with Gasteiger partial charge in [0.2, 0.25) is 0 Å². The third-order valence-corrected chi connectivity index (χ3v) is 6.07. The lowest BCUT2D eigenvalue weighted by molar-refractivity contribution is -0.142. The largest absolute Gasteiger partial charge is 0.433 e. The number of benzene rings is 2. The Bertz CT molecular complexity index is 1630. The highest BCUT2D eigenvalue weighted by Crippen LogP contribution is 2.33. The molecule has 2 aromatic carbocycles. The van der Waals surface area contributed by atoms with Crippen LogP contribution in [0.3, 0.4) is 0 Å². The maximum Gasteiger partial charge on any atom is 0.433 e. The standard InChI is InChI=1S/C27H23F3N6O/c1-16-5-4-6-19(9-16)14-35-15-21(13-31-35)32-26(37)23-12-25-33-22(20-8-7-17(2)18(3)10-20)11-24(27(28,29)30)36(25)34-23/h4-13,15H,14H2,1-3H3,(H,32,37). The van der Waals surface area contributed by atoms with E-state index in [-0.39, 0.29) is 17.0 Å². The summed E-state index contributed by atoms with van der Waals surface area (Å²) in [6.45, 7) is 6.31. The van der Waals surface area contributed by atoms with Gasteiger partial charge in [-0.25, -0.2) is 9.50 Å². The third-order valence-electron chi connectivity index (χ3n) is 6.07. The van der Waals surface area contributed by atoms with Gasteiger partial charge in [-0.15, -0.1) is 0 Å². The van der Waals surface area contributed by atoms with E-state index in [1.54, 1.807) is 23.0 Å². The molecule has 188 valence electrons. The van der Waals surface area contributed by atoms with Gasteiger partial charge in [-0.1, -0.05) is 42.0 Å². The fraction of sp³-hybridized carbons (Fsp3) is 0.185. The zero-order valence-electron chi connectivity index (χ0n) is 20.3. The van der Waals surface area contributed by atoms with Crippen molar-refractivity contribution in [3.05, 3.63) is 101 Å². The molecule has 7 nitrogen and oxygen atoms in total. The second kappa shape index (κ2) is 9.20. The Labute approximate surface area is 210 Å². The van der Waals surface area contributed by atoms with Gasteiger partial charge in [0.25, 0.3) is 5.91 Å². The minimum Gasteiger partial charge on any atom is -0.318 e. The molecule has 1 N–H and O–H groups in total. The zero-order chi connectivity index (χ0) is 26.3. The van der Waals surface area contributed by atoms with Crippen molar-refractivity contribution in [2.24, 2.45) is 0 Å². The highest BCUT2D eigenvalue weighted by molar-refractivity contribution is 6.03. The molecule has 0 atom stereocenters. The maximum absolute atomic E-state index is 13.9. The van der Waals surface area contributed by atoms with Crippen molar-refractivity contribution in [1.29, 1.82) is 0 Å². The molecule has 3 heterocycles. The molecule has 37 heavy (non-hydrogen) atoms. The second-order valence-corrected chi connectivity index (χ2v) is 8.99. The molecule has 0 aliphatic carbocycles. The number of aromatic nitrogens is 5. The van der Waals surface area contributed by atoms with Crippen LogP contribution in [0.5, 0.6) is 0 Å². The molecule has 0 saturated carbocycles. The van der Waals surface area contributed by atoms with E-state index in [2.05, 4.69) is 20.5 Å². The highest BCUT2D eigenvalue weighted by atomic mass is 19.4. The van der Waals surface area contributed by atoms with Crippen LogP contribution in [-0.2, 0) is 12.7 Å². The van der Waals surface area contributed by atoms with Crippen LogP contribution in [0.15, 0.2) is 67.0 Å². The summed E-state index contributed by atoms with van der Waals surface area (Å²) in [5.74, 6) is -0.665. The van der Waals surface area contributed by atoms with Gasteiger partial charge in [-0.2, -0.15) is 23.4 Å². The van der Waals surface area contributed by atoms with Crippen molar-refractivity contribution in [2.45, 2.75) is 33.5 Å². The van der Waals surface area contributed by atoms with Crippen LogP contribution in [0.25, 0.3) is 16.9 Å². The molecule has 0 unspecified atom stereocenters. The van der Waals surface area contributed by atoms with E-state index in [9.17, 15) is 18.0 Å². The van der Waals surface area contributed by atoms with Crippen LogP contribution >= 0.6 is 0 Å². The van der Waals surface area contributed by atoms with Crippen molar-refractivity contribution in [1.82, 2.24) is 24.4 Å². The average Bonchev–Trinajstić information content (AvgIpc) is 3.46. The fourth-order valence-corrected chi connectivity index (χ4v) is 4.04. The number of nitrogens with zero attached hydrogens (tertiary/aromatic N) is 5. The first-order chi connectivity index (χ1) is 17.6. The monoisotopic (exact) mass is 504 g/mol. The number of aryl methyl sites for hydroxylation is 3. The topological polar surface area (TPSA) is 77.1 Å². The summed E-state index contributed by atoms with van der Waals surface area (Å²) < 4.78 is 44.1. The molecule has 1 amide bonds. The summed E-state index contributed by atoms with van der Waals surface area (Å²) in [5, 5.41) is 10.8. The number of alkyl halides is 3. The van der Waals surface area contributed by atoms with E-state index >= 15 is 0 Å². The Morgan fingerprint density at radius 3 is 2.54 bits per heavy atom. The number of halogens is 3. The Hall–Kier alpha value is -4.47.